The van der Waals surface area contributed by atoms with Crippen molar-refractivity contribution in [2.24, 2.45) is 7.05 Å². The maximum atomic E-state index is 13.1. The van der Waals surface area contributed by atoms with Crippen LogP contribution >= 0.6 is 27.5 Å². The highest BCUT2D eigenvalue weighted by Gasteiger charge is 2.39. The fraction of sp³-hybridized carbons (Fsp3) is 0.158. The number of rotatable bonds is 5. The summed E-state index contributed by atoms with van der Waals surface area (Å²) in [6, 6.07) is 8.27. The Balaban J connectivity index is 1.95. The maximum Gasteiger partial charge on any atom is 0.436 e. The molecule has 13 heteroatoms. The van der Waals surface area contributed by atoms with E-state index in [1.54, 1.807) is 25.1 Å². The van der Waals surface area contributed by atoms with Crippen LogP contribution in [0, 0.1) is 17.0 Å². The van der Waals surface area contributed by atoms with Crippen molar-refractivity contribution in [2.45, 2.75) is 13.1 Å². The van der Waals surface area contributed by atoms with Crippen LogP contribution in [0.2, 0.25) is 5.02 Å². The molecule has 0 bridgehead atoms. The first-order valence-electron chi connectivity index (χ1n) is 8.71. The number of halogens is 5. The molecule has 32 heavy (non-hydrogen) atoms. The van der Waals surface area contributed by atoms with E-state index in [4.69, 9.17) is 16.3 Å². The quantitative estimate of drug-likeness (QED) is 0.315. The molecule has 0 aliphatic heterocycles. The first-order chi connectivity index (χ1) is 14.9. The number of hydrogen-bond donors (Lipinski definition) is 1. The van der Waals surface area contributed by atoms with Crippen LogP contribution in [0.25, 0.3) is 0 Å². The van der Waals surface area contributed by atoms with Gasteiger partial charge in [-0.05, 0) is 46.6 Å². The normalized spacial score (nSPS) is 11.3. The fourth-order valence-electron chi connectivity index (χ4n) is 2.79. The Labute approximate surface area is 192 Å². The van der Waals surface area contributed by atoms with Crippen LogP contribution in [-0.4, -0.2) is 20.6 Å². The van der Waals surface area contributed by atoms with Gasteiger partial charge < -0.3 is 10.1 Å². The molecule has 1 aromatic heterocycles. The number of nitro groups is 1. The molecule has 2 aromatic carbocycles. The van der Waals surface area contributed by atoms with Crippen molar-refractivity contribution in [3.8, 4) is 11.5 Å². The highest BCUT2D eigenvalue weighted by molar-refractivity contribution is 9.10. The number of hydrogen-bond acceptors (Lipinski definition) is 5. The van der Waals surface area contributed by atoms with E-state index in [0.717, 1.165) is 16.8 Å². The lowest BCUT2D eigenvalue weighted by Crippen LogP contribution is -2.16. The van der Waals surface area contributed by atoms with E-state index in [-0.39, 0.29) is 11.4 Å². The molecule has 0 aliphatic rings. The van der Waals surface area contributed by atoms with Crippen LogP contribution < -0.4 is 10.1 Å². The van der Waals surface area contributed by atoms with Gasteiger partial charge in [-0.25, -0.2) is 0 Å². The van der Waals surface area contributed by atoms with Crippen LogP contribution in [0.15, 0.2) is 40.9 Å². The SMILES string of the molecule is Cc1cc(Cl)ccc1Oc1cc(NC(=O)c2c(Br)c(C(F)(F)F)nn2C)cc([N+](=O)[O-])c1. The molecule has 168 valence electrons. The average Bonchev–Trinajstić information content (AvgIpc) is 2.98. The number of nitrogens with one attached hydrogen (secondary N) is 1. The molecule has 1 amide bonds. The summed E-state index contributed by atoms with van der Waals surface area (Å²) in [4.78, 5) is 23.3. The average molecular weight is 534 g/mol. The molecule has 1 N–H and O–H groups in total. The van der Waals surface area contributed by atoms with E-state index >= 15 is 0 Å². The molecule has 8 nitrogen and oxygen atoms in total. The number of carbonyl (C=O) groups is 1. The Morgan fingerprint density at radius 3 is 2.53 bits per heavy atom. The predicted octanol–water partition coefficient (Wildman–Crippen LogP) is 6.12. The molecule has 3 aromatic rings. The Kier molecular flexibility index (Phi) is 6.46. The minimum absolute atomic E-state index is 0.0278. The summed E-state index contributed by atoms with van der Waals surface area (Å²) in [7, 11) is 1.17. The van der Waals surface area contributed by atoms with Crippen LogP contribution in [0.4, 0.5) is 24.5 Å². The Bertz CT molecular complexity index is 1230. The Hall–Kier alpha value is -3.12. The summed E-state index contributed by atoms with van der Waals surface area (Å²) in [6.07, 6.45) is -4.78. The standard InChI is InChI=1S/C19H13BrClF3N4O4/c1-9-5-10(21)3-4-14(9)32-13-7-11(6-12(8-13)28(30)31)25-18(29)16-15(20)17(19(22,23)24)26-27(16)2/h3-8H,1-2H3,(H,25,29). The molecule has 0 fully saturated rings. The van der Waals surface area contributed by atoms with E-state index in [1.165, 1.54) is 13.1 Å². The number of nitrogens with zero attached hydrogens (tertiary/aromatic N) is 3. The van der Waals surface area contributed by atoms with Gasteiger partial charge in [-0.3, -0.25) is 19.6 Å². The Morgan fingerprint density at radius 1 is 1.28 bits per heavy atom. The van der Waals surface area contributed by atoms with E-state index in [2.05, 4.69) is 26.3 Å². The molecule has 0 radical (unpaired) electrons. The molecule has 0 saturated carbocycles. The topological polar surface area (TPSA) is 99.3 Å². The third kappa shape index (κ3) is 5.02. The van der Waals surface area contributed by atoms with Crippen molar-refractivity contribution >= 4 is 44.8 Å². The van der Waals surface area contributed by atoms with Gasteiger partial charge in [0.15, 0.2) is 5.69 Å². The number of benzene rings is 2. The van der Waals surface area contributed by atoms with Gasteiger partial charge in [-0.1, -0.05) is 11.6 Å². The van der Waals surface area contributed by atoms with Crippen molar-refractivity contribution in [1.29, 1.82) is 0 Å². The van der Waals surface area contributed by atoms with Crippen molar-refractivity contribution < 1.29 is 27.6 Å². The number of amides is 1. The largest absolute Gasteiger partial charge is 0.457 e. The van der Waals surface area contributed by atoms with Gasteiger partial charge in [-0.2, -0.15) is 18.3 Å². The maximum absolute atomic E-state index is 13.1. The number of carbonyl (C=O) groups excluding carboxylic acids is 1. The molecule has 3 rings (SSSR count). The summed E-state index contributed by atoms with van der Waals surface area (Å²) in [5.41, 5.74) is -1.49. The van der Waals surface area contributed by atoms with E-state index in [9.17, 15) is 28.1 Å². The van der Waals surface area contributed by atoms with Gasteiger partial charge in [0, 0.05) is 24.2 Å². The van der Waals surface area contributed by atoms with E-state index in [0.29, 0.717) is 16.3 Å². The first-order valence-corrected chi connectivity index (χ1v) is 9.88. The second kappa shape index (κ2) is 8.79. The summed E-state index contributed by atoms with van der Waals surface area (Å²) in [6.45, 7) is 1.72. The monoisotopic (exact) mass is 532 g/mol. The fourth-order valence-corrected chi connectivity index (χ4v) is 3.76. The lowest BCUT2D eigenvalue weighted by molar-refractivity contribution is -0.384. The number of alkyl halides is 3. The third-order valence-electron chi connectivity index (χ3n) is 4.20. The van der Waals surface area contributed by atoms with Crippen molar-refractivity contribution in [3.63, 3.8) is 0 Å². The number of anilines is 1. The summed E-state index contributed by atoms with van der Waals surface area (Å²) < 4.78 is 45.1. The van der Waals surface area contributed by atoms with Gasteiger partial charge in [-0.15, -0.1) is 0 Å². The van der Waals surface area contributed by atoms with E-state index in [1.807, 2.05) is 0 Å². The van der Waals surface area contributed by atoms with Crippen molar-refractivity contribution in [1.82, 2.24) is 9.78 Å². The molecule has 1 heterocycles. The molecule has 0 spiro atoms. The lowest BCUT2D eigenvalue weighted by atomic mass is 10.2. The van der Waals surface area contributed by atoms with E-state index < -0.39 is 38.6 Å². The van der Waals surface area contributed by atoms with Gasteiger partial charge >= 0.3 is 6.18 Å². The van der Waals surface area contributed by atoms with Gasteiger partial charge in [0.25, 0.3) is 11.6 Å². The molecular weight excluding hydrogens is 521 g/mol. The number of ether oxygens (including phenoxy) is 1. The second-order valence-electron chi connectivity index (χ2n) is 6.57. The summed E-state index contributed by atoms with van der Waals surface area (Å²) in [5, 5.41) is 17.5. The van der Waals surface area contributed by atoms with Gasteiger partial charge in [0.05, 0.1) is 21.1 Å². The summed E-state index contributed by atoms with van der Waals surface area (Å²) >= 11 is 8.66. The van der Waals surface area contributed by atoms with Crippen LogP contribution in [0.1, 0.15) is 21.7 Å². The van der Waals surface area contributed by atoms with Crippen LogP contribution in [-0.2, 0) is 13.2 Å². The zero-order valence-corrected chi connectivity index (χ0v) is 18.7. The summed E-state index contributed by atoms with van der Waals surface area (Å²) in [5.74, 6) is -0.562. The minimum Gasteiger partial charge on any atom is -0.457 e. The van der Waals surface area contributed by atoms with Crippen molar-refractivity contribution in [2.75, 3.05) is 5.32 Å². The molecule has 0 atom stereocenters. The second-order valence-corrected chi connectivity index (χ2v) is 7.80. The smallest absolute Gasteiger partial charge is 0.436 e. The van der Waals surface area contributed by atoms with Gasteiger partial charge in [0.2, 0.25) is 0 Å². The first kappa shape index (κ1) is 23.5. The molecule has 0 saturated heterocycles. The highest BCUT2D eigenvalue weighted by atomic mass is 79.9. The molecule has 0 aliphatic carbocycles. The number of non-ortho nitro benzene ring substituents is 1. The van der Waals surface area contributed by atoms with Gasteiger partial charge in [0.1, 0.15) is 17.2 Å². The number of aryl methyl sites for hydroxylation is 2. The zero-order chi connectivity index (χ0) is 23.8. The predicted molar refractivity (Wildman–Crippen MR) is 113 cm³/mol. The van der Waals surface area contributed by atoms with Crippen molar-refractivity contribution in [3.05, 3.63) is 73.0 Å². The highest BCUT2D eigenvalue weighted by Crippen LogP contribution is 2.36. The third-order valence-corrected chi connectivity index (χ3v) is 5.18. The molecule has 0 unspecified atom stereocenters. The van der Waals surface area contributed by atoms with Crippen LogP contribution in [0.5, 0.6) is 11.5 Å². The minimum atomic E-state index is -4.78. The Morgan fingerprint density at radius 2 is 1.97 bits per heavy atom. The number of aromatic nitrogens is 2. The number of nitro benzene ring substituents is 1. The van der Waals surface area contributed by atoms with Crippen LogP contribution in [0.3, 0.4) is 0 Å². The lowest BCUT2D eigenvalue weighted by Gasteiger charge is -2.11. The zero-order valence-electron chi connectivity index (χ0n) is 16.3. The molecular formula is C19H13BrClF3N4O4.